The zero-order valence-electron chi connectivity index (χ0n) is 7.61. The minimum atomic E-state index is 0.121. The summed E-state index contributed by atoms with van der Waals surface area (Å²) in [6, 6.07) is 0.268. The van der Waals surface area contributed by atoms with Crippen LogP contribution in [0.3, 0.4) is 0 Å². The lowest BCUT2D eigenvalue weighted by Crippen LogP contribution is -2.37. The summed E-state index contributed by atoms with van der Waals surface area (Å²) in [4.78, 5) is 13.4. The van der Waals surface area contributed by atoms with E-state index in [0.29, 0.717) is 19.6 Å². The van der Waals surface area contributed by atoms with Gasteiger partial charge in [-0.05, 0) is 6.42 Å². The highest BCUT2D eigenvalue weighted by Crippen LogP contribution is 2.23. The molecule has 2 aliphatic rings. The molecule has 2 rings (SSSR count). The topological polar surface area (TPSA) is 49.8 Å². The van der Waals surface area contributed by atoms with Crippen molar-refractivity contribution < 1.29 is 14.6 Å². The van der Waals surface area contributed by atoms with Gasteiger partial charge in [-0.1, -0.05) is 0 Å². The fraction of sp³-hybridized carbons (Fsp3) is 0.889. The summed E-state index contributed by atoms with van der Waals surface area (Å²) >= 11 is 0. The summed E-state index contributed by atoms with van der Waals surface area (Å²) in [6.45, 7) is 2.27. The molecule has 2 heterocycles. The average molecular weight is 185 g/mol. The first-order chi connectivity index (χ1) is 6.31. The number of nitrogens with zero attached hydrogens (tertiary/aromatic N) is 1. The van der Waals surface area contributed by atoms with E-state index in [0.717, 1.165) is 13.0 Å². The highest BCUT2D eigenvalue weighted by atomic mass is 16.5. The summed E-state index contributed by atoms with van der Waals surface area (Å²) in [6.07, 6.45) is 1.46. The number of amides is 1. The molecule has 4 nitrogen and oxygen atoms in total. The third kappa shape index (κ3) is 1.69. The lowest BCUT2D eigenvalue weighted by atomic mass is 10.1. The van der Waals surface area contributed by atoms with Gasteiger partial charge in [0.2, 0.25) is 5.91 Å². The monoisotopic (exact) mass is 185 g/mol. The van der Waals surface area contributed by atoms with E-state index in [-0.39, 0.29) is 24.5 Å². The van der Waals surface area contributed by atoms with Gasteiger partial charge >= 0.3 is 0 Å². The molecule has 0 saturated carbocycles. The molecular formula is C9H15NO3. The Morgan fingerprint density at radius 1 is 1.62 bits per heavy atom. The number of aliphatic hydroxyl groups excluding tert-OH is 1. The van der Waals surface area contributed by atoms with Crippen molar-refractivity contribution in [1.82, 2.24) is 4.90 Å². The van der Waals surface area contributed by atoms with Gasteiger partial charge in [0.25, 0.3) is 0 Å². The minimum absolute atomic E-state index is 0.121. The maximum atomic E-state index is 11.5. The molecule has 2 unspecified atom stereocenters. The molecule has 1 amide bonds. The number of carbonyl (C=O) groups is 1. The summed E-state index contributed by atoms with van der Waals surface area (Å²) in [5.74, 6) is 0.322. The van der Waals surface area contributed by atoms with Crippen molar-refractivity contribution in [2.24, 2.45) is 5.92 Å². The van der Waals surface area contributed by atoms with Crippen LogP contribution in [-0.4, -0.2) is 48.3 Å². The van der Waals surface area contributed by atoms with Gasteiger partial charge in [0.15, 0.2) is 0 Å². The molecule has 0 bridgehead atoms. The molecule has 1 N–H and O–H groups in total. The van der Waals surface area contributed by atoms with E-state index in [4.69, 9.17) is 9.84 Å². The van der Waals surface area contributed by atoms with Gasteiger partial charge in [-0.15, -0.1) is 0 Å². The molecule has 4 heteroatoms. The first-order valence-electron chi connectivity index (χ1n) is 4.79. The lowest BCUT2D eigenvalue weighted by Gasteiger charge is -2.22. The molecule has 0 aromatic heterocycles. The Morgan fingerprint density at radius 3 is 3.00 bits per heavy atom. The predicted molar refractivity (Wildman–Crippen MR) is 46.1 cm³/mol. The average Bonchev–Trinajstić information content (AvgIpc) is 2.72. The number of rotatable bonds is 2. The van der Waals surface area contributed by atoms with Gasteiger partial charge in [-0.3, -0.25) is 4.79 Å². The SMILES string of the molecule is O=C1CC(CO)CN1C1CCOC1. The molecule has 0 aromatic rings. The second-order valence-corrected chi connectivity index (χ2v) is 3.82. The van der Waals surface area contributed by atoms with Crippen molar-refractivity contribution in [2.45, 2.75) is 18.9 Å². The minimum Gasteiger partial charge on any atom is -0.396 e. The van der Waals surface area contributed by atoms with Crippen LogP contribution in [0.1, 0.15) is 12.8 Å². The van der Waals surface area contributed by atoms with E-state index in [9.17, 15) is 4.79 Å². The third-order valence-corrected chi connectivity index (χ3v) is 2.84. The van der Waals surface area contributed by atoms with Crippen molar-refractivity contribution in [1.29, 1.82) is 0 Å². The fourth-order valence-corrected chi connectivity index (χ4v) is 2.05. The van der Waals surface area contributed by atoms with E-state index in [1.54, 1.807) is 0 Å². The third-order valence-electron chi connectivity index (χ3n) is 2.84. The van der Waals surface area contributed by atoms with Gasteiger partial charge in [0.1, 0.15) is 0 Å². The summed E-state index contributed by atoms with van der Waals surface area (Å²) in [7, 11) is 0. The molecule has 2 saturated heterocycles. The summed E-state index contributed by atoms with van der Waals surface area (Å²) in [5, 5.41) is 8.93. The van der Waals surface area contributed by atoms with Gasteiger partial charge in [0, 0.05) is 32.1 Å². The van der Waals surface area contributed by atoms with E-state index < -0.39 is 0 Å². The molecular weight excluding hydrogens is 170 g/mol. The van der Waals surface area contributed by atoms with Gasteiger partial charge in [-0.25, -0.2) is 0 Å². The number of ether oxygens (including phenoxy) is 1. The zero-order chi connectivity index (χ0) is 9.26. The predicted octanol–water partition coefficient (Wildman–Crippen LogP) is -0.384. The van der Waals surface area contributed by atoms with Gasteiger partial charge in [-0.2, -0.15) is 0 Å². The normalized spacial score (nSPS) is 34.5. The van der Waals surface area contributed by atoms with Gasteiger partial charge in [0.05, 0.1) is 12.6 Å². The molecule has 74 valence electrons. The highest BCUT2D eigenvalue weighted by Gasteiger charge is 2.35. The number of aliphatic hydroxyl groups is 1. The maximum Gasteiger partial charge on any atom is 0.223 e. The quantitative estimate of drug-likeness (QED) is 0.637. The van der Waals surface area contributed by atoms with Crippen LogP contribution in [-0.2, 0) is 9.53 Å². The van der Waals surface area contributed by atoms with Crippen LogP contribution in [0.15, 0.2) is 0 Å². The Bertz CT molecular complexity index is 201. The van der Waals surface area contributed by atoms with Crippen LogP contribution >= 0.6 is 0 Å². The molecule has 0 aliphatic carbocycles. The Hall–Kier alpha value is -0.610. The van der Waals surface area contributed by atoms with Crippen LogP contribution < -0.4 is 0 Å². The highest BCUT2D eigenvalue weighted by molar-refractivity contribution is 5.79. The van der Waals surface area contributed by atoms with Crippen molar-refractivity contribution in [2.75, 3.05) is 26.4 Å². The van der Waals surface area contributed by atoms with Crippen LogP contribution in [0.5, 0.6) is 0 Å². The van der Waals surface area contributed by atoms with Crippen molar-refractivity contribution in [3.8, 4) is 0 Å². The number of hydrogen-bond donors (Lipinski definition) is 1. The van der Waals surface area contributed by atoms with E-state index in [1.807, 2.05) is 4.90 Å². The van der Waals surface area contributed by atoms with E-state index in [2.05, 4.69) is 0 Å². The Morgan fingerprint density at radius 2 is 2.46 bits per heavy atom. The molecule has 13 heavy (non-hydrogen) atoms. The van der Waals surface area contributed by atoms with Crippen LogP contribution in [0.2, 0.25) is 0 Å². The molecule has 0 aromatic carbocycles. The Labute approximate surface area is 77.5 Å². The van der Waals surface area contributed by atoms with Crippen LogP contribution in [0.25, 0.3) is 0 Å². The maximum absolute atomic E-state index is 11.5. The number of likely N-dealkylation sites (tertiary alicyclic amines) is 1. The summed E-state index contributed by atoms with van der Waals surface area (Å²) in [5.41, 5.74) is 0. The second kappa shape index (κ2) is 3.64. The largest absolute Gasteiger partial charge is 0.396 e. The molecule has 2 atom stereocenters. The summed E-state index contributed by atoms with van der Waals surface area (Å²) < 4.78 is 5.23. The van der Waals surface area contributed by atoms with Crippen molar-refractivity contribution in [3.05, 3.63) is 0 Å². The van der Waals surface area contributed by atoms with Gasteiger partial charge < -0.3 is 14.7 Å². The lowest BCUT2D eigenvalue weighted by molar-refractivity contribution is -0.129. The van der Waals surface area contributed by atoms with E-state index in [1.165, 1.54) is 0 Å². The second-order valence-electron chi connectivity index (χ2n) is 3.82. The molecule has 2 aliphatic heterocycles. The molecule has 2 fully saturated rings. The standard InChI is InChI=1S/C9H15NO3/c11-5-7-3-9(12)10(4-7)8-1-2-13-6-8/h7-8,11H,1-6H2. The Balaban J connectivity index is 1.95. The van der Waals surface area contributed by atoms with Crippen molar-refractivity contribution >= 4 is 5.91 Å². The Kier molecular flexibility index (Phi) is 2.51. The number of carbonyl (C=O) groups excluding carboxylic acids is 1. The molecule has 0 spiro atoms. The smallest absolute Gasteiger partial charge is 0.223 e. The van der Waals surface area contributed by atoms with E-state index >= 15 is 0 Å². The van der Waals surface area contributed by atoms with Crippen molar-refractivity contribution in [3.63, 3.8) is 0 Å². The fourth-order valence-electron chi connectivity index (χ4n) is 2.05. The first-order valence-corrected chi connectivity index (χ1v) is 4.79. The van der Waals surface area contributed by atoms with Crippen LogP contribution in [0.4, 0.5) is 0 Å². The van der Waals surface area contributed by atoms with Crippen LogP contribution in [0, 0.1) is 5.92 Å². The molecule has 0 radical (unpaired) electrons. The number of hydrogen-bond acceptors (Lipinski definition) is 3. The first kappa shape index (κ1) is 8.97. The zero-order valence-corrected chi connectivity index (χ0v) is 7.61.